The molecule has 0 saturated heterocycles. The summed E-state index contributed by atoms with van der Waals surface area (Å²) in [5.74, 6) is 0. The molecule has 0 aliphatic rings. The fourth-order valence-corrected chi connectivity index (χ4v) is 3.24. The van der Waals surface area contributed by atoms with Crippen LogP contribution >= 0.6 is 0 Å². The molecule has 0 N–H and O–H groups in total. The number of hydrogen-bond donors (Lipinski definition) is 0. The van der Waals surface area contributed by atoms with Crippen LogP contribution in [0.4, 0.5) is 0 Å². The van der Waals surface area contributed by atoms with Crippen molar-refractivity contribution in [1.29, 1.82) is 0 Å². The van der Waals surface area contributed by atoms with Crippen LogP contribution in [0, 0.1) is 0 Å². The van der Waals surface area contributed by atoms with Gasteiger partial charge in [0.25, 0.3) is 0 Å². The van der Waals surface area contributed by atoms with E-state index in [1.807, 2.05) is 6.92 Å². The molecular formula is C9H21N3O2Si. The van der Waals surface area contributed by atoms with Crippen molar-refractivity contribution in [3.63, 3.8) is 0 Å². The molecule has 0 aromatic carbocycles. The van der Waals surface area contributed by atoms with E-state index in [1.54, 1.807) is 0 Å². The molecule has 0 saturated carbocycles. The van der Waals surface area contributed by atoms with Gasteiger partial charge in [-0.05, 0) is 38.0 Å². The van der Waals surface area contributed by atoms with Crippen LogP contribution in [0.15, 0.2) is 5.11 Å². The van der Waals surface area contributed by atoms with Gasteiger partial charge >= 0.3 is 0 Å². The Hall–Kier alpha value is -0.553. The molecule has 0 spiro atoms. The lowest BCUT2D eigenvalue weighted by molar-refractivity contribution is 0.141. The molecule has 0 unspecified atom stereocenters. The molecule has 0 rings (SSSR count). The van der Waals surface area contributed by atoms with Gasteiger partial charge in [-0.1, -0.05) is 5.11 Å². The highest BCUT2D eigenvalue weighted by atomic mass is 28.4. The van der Waals surface area contributed by atoms with Crippen molar-refractivity contribution in [1.82, 2.24) is 0 Å². The van der Waals surface area contributed by atoms with E-state index in [0.29, 0.717) is 13.2 Å². The van der Waals surface area contributed by atoms with Crippen LogP contribution in [-0.4, -0.2) is 34.7 Å². The van der Waals surface area contributed by atoms with Crippen molar-refractivity contribution in [2.45, 2.75) is 32.5 Å². The second kappa shape index (κ2) is 8.73. The Bertz CT molecular complexity index is 206. The van der Waals surface area contributed by atoms with Gasteiger partial charge in [-0.15, -0.1) is 0 Å². The van der Waals surface area contributed by atoms with Gasteiger partial charge in [0.2, 0.25) is 0 Å². The molecule has 15 heavy (non-hydrogen) atoms. The molecule has 0 bridgehead atoms. The highest BCUT2D eigenvalue weighted by Gasteiger charge is 2.20. The van der Waals surface area contributed by atoms with Gasteiger partial charge < -0.3 is 9.16 Å². The molecule has 0 aromatic rings. The van der Waals surface area contributed by atoms with Gasteiger partial charge in [0.15, 0.2) is 8.32 Å². The van der Waals surface area contributed by atoms with Crippen LogP contribution in [0.5, 0.6) is 0 Å². The van der Waals surface area contributed by atoms with Crippen LogP contribution in [0.1, 0.15) is 13.3 Å². The van der Waals surface area contributed by atoms with Crippen molar-refractivity contribution in [3.05, 3.63) is 10.4 Å². The maximum atomic E-state index is 8.03. The molecule has 5 nitrogen and oxygen atoms in total. The summed E-state index contributed by atoms with van der Waals surface area (Å²) in [6.45, 7) is 8.93. The lowest BCUT2D eigenvalue weighted by atomic mass is 10.5. The largest absolute Gasteiger partial charge is 0.418 e. The zero-order valence-corrected chi connectivity index (χ0v) is 10.9. The molecule has 6 heteroatoms. The first-order valence-electron chi connectivity index (χ1n) is 5.35. The fraction of sp³-hybridized carbons (Fsp3) is 1.00. The molecule has 0 fully saturated rings. The summed E-state index contributed by atoms with van der Waals surface area (Å²) in [6.07, 6.45) is 1.02. The van der Waals surface area contributed by atoms with Crippen molar-refractivity contribution in [2.24, 2.45) is 5.11 Å². The van der Waals surface area contributed by atoms with E-state index in [-0.39, 0.29) is 0 Å². The minimum absolute atomic E-state index is 0.419. The Morgan fingerprint density at radius 1 is 1.33 bits per heavy atom. The predicted octanol–water partition coefficient (Wildman–Crippen LogP) is 2.95. The number of rotatable bonds is 9. The van der Waals surface area contributed by atoms with Crippen LogP contribution in [-0.2, 0) is 9.16 Å². The lowest BCUT2D eigenvalue weighted by Crippen LogP contribution is -2.30. The maximum absolute atomic E-state index is 8.03. The SMILES string of the molecule is CCO[Si](C)(C)CCCOCCN=[N+]=[N-]. The highest BCUT2D eigenvalue weighted by molar-refractivity contribution is 6.71. The third-order valence-corrected chi connectivity index (χ3v) is 4.63. The van der Waals surface area contributed by atoms with Gasteiger partial charge in [0.1, 0.15) is 0 Å². The Kier molecular flexibility index (Phi) is 8.41. The summed E-state index contributed by atoms with van der Waals surface area (Å²) >= 11 is 0. The minimum atomic E-state index is -1.44. The summed E-state index contributed by atoms with van der Waals surface area (Å²) in [5.41, 5.74) is 8.03. The van der Waals surface area contributed by atoms with Crippen LogP contribution in [0.3, 0.4) is 0 Å². The van der Waals surface area contributed by atoms with E-state index >= 15 is 0 Å². The number of azide groups is 1. The zero-order chi connectivity index (χ0) is 11.6. The third-order valence-electron chi connectivity index (χ3n) is 2.00. The first-order chi connectivity index (χ1) is 7.12. The summed E-state index contributed by atoms with van der Waals surface area (Å²) in [5, 5.41) is 3.39. The predicted molar refractivity (Wildman–Crippen MR) is 63.4 cm³/mol. The molecule has 0 atom stereocenters. The van der Waals surface area contributed by atoms with Gasteiger partial charge in [-0.3, -0.25) is 0 Å². The van der Waals surface area contributed by atoms with Crippen molar-refractivity contribution < 1.29 is 9.16 Å². The zero-order valence-electron chi connectivity index (χ0n) is 9.90. The molecule has 88 valence electrons. The summed E-state index contributed by atoms with van der Waals surface area (Å²) in [6, 6.07) is 1.11. The van der Waals surface area contributed by atoms with Crippen molar-refractivity contribution in [3.8, 4) is 0 Å². The second-order valence-electron chi connectivity index (χ2n) is 3.86. The summed E-state index contributed by atoms with van der Waals surface area (Å²) in [4.78, 5) is 2.65. The van der Waals surface area contributed by atoms with Gasteiger partial charge in [-0.2, -0.15) is 0 Å². The Labute approximate surface area is 92.5 Å². The Morgan fingerprint density at radius 2 is 2.07 bits per heavy atom. The van der Waals surface area contributed by atoms with E-state index in [9.17, 15) is 0 Å². The highest BCUT2D eigenvalue weighted by Crippen LogP contribution is 2.13. The van der Waals surface area contributed by atoms with Gasteiger partial charge in [0.05, 0.1) is 6.61 Å². The number of hydrogen-bond acceptors (Lipinski definition) is 3. The van der Waals surface area contributed by atoms with E-state index in [2.05, 4.69) is 23.1 Å². The minimum Gasteiger partial charge on any atom is -0.418 e. The summed E-state index contributed by atoms with van der Waals surface area (Å²) < 4.78 is 11.0. The average molecular weight is 231 g/mol. The normalized spacial score (nSPS) is 11.1. The van der Waals surface area contributed by atoms with Crippen molar-refractivity contribution >= 4 is 8.32 Å². The summed E-state index contributed by atoms with van der Waals surface area (Å²) in [7, 11) is -1.44. The van der Waals surface area contributed by atoms with E-state index in [4.69, 9.17) is 14.7 Å². The van der Waals surface area contributed by atoms with Crippen LogP contribution < -0.4 is 0 Å². The third kappa shape index (κ3) is 9.74. The molecule has 0 aliphatic carbocycles. The van der Waals surface area contributed by atoms with E-state index in [0.717, 1.165) is 25.7 Å². The Morgan fingerprint density at radius 3 is 2.67 bits per heavy atom. The molecular weight excluding hydrogens is 210 g/mol. The molecule has 0 aromatic heterocycles. The first-order valence-corrected chi connectivity index (χ1v) is 8.46. The number of nitrogens with zero attached hydrogens (tertiary/aromatic N) is 3. The Balaban J connectivity index is 3.33. The van der Waals surface area contributed by atoms with Crippen molar-refractivity contribution in [2.75, 3.05) is 26.4 Å². The fourth-order valence-electron chi connectivity index (χ4n) is 1.32. The smallest absolute Gasteiger partial charge is 0.186 e. The molecule has 0 radical (unpaired) electrons. The van der Waals surface area contributed by atoms with Gasteiger partial charge in [-0.25, -0.2) is 0 Å². The second-order valence-corrected chi connectivity index (χ2v) is 8.17. The quantitative estimate of drug-likeness (QED) is 0.201. The lowest BCUT2D eigenvalue weighted by Gasteiger charge is -2.21. The van der Waals surface area contributed by atoms with E-state index < -0.39 is 8.32 Å². The van der Waals surface area contributed by atoms with E-state index in [1.165, 1.54) is 0 Å². The van der Waals surface area contributed by atoms with Crippen LogP contribution in [0.2, 0.25) is 19.1 Å². The first kappa shape index (κ1) is 14.4. The van der Waals surface area contributed by atoms with Crippen LogP contribution in [0.25, 0.3) is 10.4 Å². The number of ether oxygens (including phenoxy) is 1. The monoisotopic (exact) mass is 231 g/mol. The average Bonchev–Trinajstić information content (AvgIpc) is 2.16. The maximum Gasteiger partial charge on any atom is 0.186 e. The molecule has 0 heterocycles. The molecule has 0 aliphatic heterocycles. The molecule has 0 amide bonds. The standard InChI is InChI=1S/C9H21N3O2Si/c1-4-14-15(2,3)9-5-7-13-8-6-11-12-10/h4-9H2,1-3H3. The topological polar surface area (TPSA) is 67.2 Å². The van der Waals surface area contributed by atoms with Gasteiger partial charge in [0, 0.05) is 24.7 Å².